The molecule has 0 radical (unpaired) electrons. The van der Waals surface area contributed by atoms with Crippen LogP contribution in [0.2, 0.25) is 0 Å². The van der Waals surface area contributed by atoms with Crippen LogP contribution in [-0.2, 0) is 9.47 Å². The Morgan fingerprint density at radius 2 is 1.96 bits per heavy atom. The van der Waals surface area contributed by atoms with E-state index in [1.807, 2.05) is 6.33 Å². The zero-order valence-electron chi connectivity index (χ0n) is 16.2. The van der Waals surface area contributed by atoms with Gasteiger partial charge in [0.15, 0.2) is 5.65 Å². The van der Waals surface area contributed by atoms with Crippen LogP contribution in [0.1, 0.15) is 31.1 Å². The average Bonchev–Trinajstić information content (AvgIpc) is 3.18. The minimum absolute atomic E-state index is 0.00320. The fourth-order valence-corrected chi connectivity index (χ4v) is 3.96. The quantitative estimate of drug-likeness (QED) is 0.695. The lowest BCUT2D eigenvalue weighted by atomic mass is 10.1. The van der Waals surface area contributed by atoms with Crippen LogP contribution in [0, 0.1) is 6.92 Å². The van der Waals surface area contributed by atoms with E-state index >= 15 is 0 Å². The lowest BCUT2D eigenvalue weighted by Crippen LogP contribution is -2.37. The summed E-state index contributed by atoms with van der Waals surface area (Å²) in [5, 5.41) is 0. The maximum absolute atomic E-state index is 6.01. The molecule has 0 bridgehead atoms. The summed E-state index contributed by atoms with van der Waals surface area (Å²) < 4.78 is 13.6. The predicted octanol–water partition coefficient (Wildman–Crippen LogP) is 3.34. The lowest BCUT2D eigenvalue weighted by molar-refractivity contribution is -0.0298. The molecule has 2 aliphatic rings. The van der Waals surface area contributed by atoms with Crippen molar-refractivity contribution in [2.75, 3.05) is 37.8 Å². The van der Waals surface area contributed by atoms with E-state index < -0.39 is 0 Å². The van der Waals surface area contributed by atoms with E-state index in [0.29, 0.717) is 13.2 Å². The topological polar surface area (TPSA) is 65.3 Å². The minimum atomic E-state index is -0.00320. The van der Waals surface area contributed by atoms with Gasteiger partial charge in [-0.2, -0.15) is 4.98 Å². The van der Waals surface area contributed by atoms with Gasteiger partial charge in [0.1, 0.15) is 17.4 Å². The number of fused-ring (bicyclic) bond motifs is 1. The van der Waals surface area contributed by atoms with Crippen molar-refractivity contribution in [3.05, 3.63) is 36.2 Å². The third-order valence-corrected chi connectivity index (χ3v) is 5.46. The number of aromatic nitrogens is 4. The smallest absolute Gasteiger partial charge is 0.228 e. The van der Waals surface area contributed by atoms with Gasteiger partial charge in [-0.15, -0.1) is 0 Å². The Balaban J connectivity index is 1.67. The molecule has 1 atom stereocenters. The van der Waals surface area contributed by atoms with E-state index in [0.717, 1.165) is 67.3 Å². The van der Waals surface area contributed by atoms with Gasteiger partial charge < -0.3 is 14.4 Å². The summed E-state index contributed by atoms with van der Waals surface area (Å²) in [6.07, 6.45) is 5.12. The molecular formula is C21H25N5O2. The number of anilines is 1. The molecule has 0 aliphatic carbocycles. The van der Waals surface area contributed by atoms with Crippen LogP contribution >= 0.6 is 0 Å². The second-order valence-corrected chi connectivity index (χ2v) is 7.49. The number of hydrogen-bond acceptors (Lipinski definition) is 6. The summed E-state index contributed by atoms with van der Waals surface area (Å²) in [5.74, 6) is 0.741. The summed E-state index contributed by atoms with van der Waals surface area (Å²) in [6, 6.07) is 8.41. The van der Waals surface area contributed by atoms with E-state index in [9.17, 15) is 0 Å². The molecule has 2 aromatic heterocycles. The van der Waals surface area contributed by atoms with Gasteiger partial charge in [-0.25, -0.2) is 9.97 Å². The van der Waals surface area contributed by atoms with Crippen LogP contribution in [0.25, 0.3) is 22.4 Å². The molecule has 7 heteroatoms. The summed E-state index contributed by atoms with van der Waals surface area (Å²) in [6.45, 7) is 5.88. The molecule has 3 aromatic rings. The third kappa shape index (κ3) is 3.25. The van der Waals surface area contributed by atoms with Crippen molar-refractivity contribution in [2.45, 2.75) is 32.4 Å². The van der Waals surface area contributed by atoms with Crippen LogP contribution in [0.3, 0.4) is 0 Å². The Morgan fingerprint density at radius 3 is 2.75 bits per heavy atom. The molecule has 2 saturated heterocycles. The number of aryl methyl sites for hydroxylation is 1. The van der Waals surface area contributed by atoms with Crippen molar-refractivity contribution in [1.29, 1.82) is 0 Å². The number of morpholine rings is 1. The molecule has 5 rings (SSSR count). The molecule has 0 saturated carbocycles. The number of imidazole rings is 1. The zero-order valence-corrected chi connectivity index (χ0v) is 16.2. The molecular weight excluding hydrogens is 354 g/mol. The second kappa shape index (κ2) is 7.48. The summed E-state index contributed by atoms with van der Waals surface area (Å²) >= 11 is 0. The highest BCUT2D eigenvalue weighted by Crippen LogP contribution is 2.32. The normalized spacial score (nSPS) is 20.6. The summed E-state index contributed by atoms with van der Waals surface area (Å²) in [4.78, 5) is 16.8. The summed E-state index contributed by atoms with van der Waals surface area (Å²) in [7, 11) is 0. The average molecular weight is 379 g/mol. The molecule has 2 fully saturated rings. The van der Waals surface area contributed by atoms with Crippen LogP contribution in [0.15, 0.2) is 30.6 Å². The summed E-state index contributed by atoms with van der Waals surface area (Å²) in [5.41, 5.74) is 4.82. The highest BCUT2D eigenvalue weighted by Gasteiger charge is 2.24. The monoisotopic (exact) mass is 379 g/mol. The Bertz CT molecular complexity index is 974. The van der Waals surface area contributed by atoms with E-state index in [-0.39, 0.29) is 6.23 Å². The highest BCUT2D eigenvalue weighted by molar-refractivity contribution is 5.88. The molecule has 4 heterocycles. The molecule has 0 N–H and O–H groups in total. The lowest BCUT2D eigenvalue weighted by Gasteiger charge is -2.28. The molecule has 0 amide bonds. The molecule has 1 unspecified atom stereocenters. The Morgan fingerprint density at radius 1 is 1.07 bits per heavy atom. The molecule has 1 aromatic carbocycles. The van der Waals surface area contributed by atoms with Crippen LogP contribution in [0.5, 0.6) is 0 Å². The first-order valence-electron chi connectivity index (χ1n) is 10.1. The zero-order chi connectivity index (χ0) is 18.9. The Kier molecular flexibility index (Phi) is 4.70. The van der Waals surface area contributed by atoms with Gasteiger partial charge in [-0.05, 0) is 32.3 Å². The van der Waals surface area contributed by atoms with Gasteiger partial charge in [0.25, 0.3) is 0 Å². The Labute approximate surface area is 164 Å². The maximum Gasteiger partial charge on any atom is 0.228 e. The van der Waals surface area contributed by atoms with Gasteiger partial charge in [0.2, 0.25) is 5.95 Å². The number of hydrogen-bond donors (Lipinski definition) is 0. The van der Waals surface area contributed by atoms with Crippen LogP contribution < -0.4 is 4.90 Å². The molecule has 28 heavy (non-hydrogen) atoms. The van der Waals surface area contributed by atoms with Crippen LogP contribution in [0.4, 0.5) is 5.95 Å². The van der Waals surface area contributed by atoms with Crippen LogP contribution in [-0.4, -0.2) is 52.4 Å². The van der Waals surface area contributed by atoms with Gasteiger partial charge in [0, 0.05) is 25.3 Å². The van der Waals surface area contributed by atoms with Crippen molar-refractivity contribution in [3.63, 3.8) is 0 Å². The van der Waals surface area contributed by atoms with E-state index in [4.69, 9.17) is 24.4 Å². The highest BCUT2D eigenvalue weighted by atomic mass is 16.5. The number of benzene rings is 1. The molecule has 7 nitrogen and oxygen atoms in total. The molecule has 2 aliphatic heterocycles. The standard InChI is InChI=1S/C21H25N5O2/c1-15-5-4-6-16(13-15)18-19-20(24-21(23-18)25-8-11-27-12-9-25)26(14-22-19)17-7-2-3-10-28-17/h4-6,13-14,17H,2-3,7-12H2,1H3. The Hall–Kier alpha value is -2.51. The minimum Gasteiger partial charge on any atom is -0.378 e. The van der Waals surface area contributed by atoms with Gasteiger partial charge in [-0.3, -0.25) is 4.57 Å². The fourth-order valence-electron chi connectivity index (χ4n) is 3.96. The van der Waals surface area contributed by atoms with E-state index in [2.05, 4.69) is 40.7 Å². The van der Waals surface area contributed by atoms with Gasteiger partial charge in [0.05, 0.1) is 19.5 Å². The number of ether oxygens (including phenoxy) is 2. The first kappa shape index (κ1) is 17.6. The SMILES string of the molecule is Cc1cccc(-c2nc(N3CCOCC3)nc3c2ncn3C2CCCCO2)c1. The molecule has 146 valence electrons. The largest absolute Gasteiger partial charge is 0.378 e. The number of rotatable bonds is 3. The van der Waals surface area contributed by atoms with Crippen molar-refractivity contribution in [3.8, 4) is 11.3 Å². The van der Waals surface area contributed by atoms with Crippen molar-refractivity contribution in [2.24, 2.45) is 0 Å². The first-order valence-corrected chi connectivity index (χ1v) is 10.1. The molecule has 0 spiro atoms. The predicted molar refractivity (Wildman–Crippen MR) is 107 cm³/mol. The van der Waals surface area contributed by atoms with Crippen molar-refractivity contribution in [1.82, 2.24) is 19.5 Å². The van der Waals surface area contributed by atoms with E-state index in [1.165, 1.54) is 5.56 Å². The van der Waals surface area contributed by atoms with E-state index in [1.54, 1.807) is 0 Å². The third-order valence-electron chi connectivity index (χ3n) is 5.46. The van der Waals surface area contributed by atoms with Crippen molar-refractivity contribution < 1.29 is 9.47 Å². The second-order valence-electron chi connectivity index (χ2n) is 7.49. The van der Waals surface area contributed by atoms with Gasteiger partial charge in [-0.1, -0.05) is 23.8 Å². The number of nitrogens with zero attached hydrogens (tertiary/aromatic N) is 5. The van der Waals surface area contributed by atoms with Gasteiger partial charge >= 0.3 is 0 Å². The maximum atomic E-state index is 6.01. The first-order chi connectivity index (χ1) is 13.8. The van der Waals surface area contributed by atoms with Crippen molar-refractivity contribution >= 4 is 17.1 Å². The fraction of sp³-hybridized carbons (Fsp3) is 0.476.